The molecule has 2 heterocycles. The van der Waals surface area contributed by atoms with Crippen molar-refractivity contribution in [1.29, 1.82) is 0 Å². The topological polar surface area (TPSA) is 71.7 Å². The van der Waals surface area contributed by atoms with Gasteiger partial charge < -0.3 is 21.1 Å². The van der Waals surface area contributed by atoms with E-state index >= 15 is 0 Å². The van der Waals surface area contributed by atoms with Gasteiger partial charge in [0.05, 0.1) is 27.3 Å². The average Bonchev–Trinajstić information content (AvgIpc) is 3.25. The van der Waals surface area contributed by atoms with Crippen molar-refractivity contribution in [2.75, 3.05) is 13.1 Å². The molecule has 1 atom stereocenters. The first-order valence-corrected chi connectivity index (χ1v) is 12.0. The number of aliphatic imine (C=N–C) groups is 1. The number of piperidine rings is 1. The van der Waals surface area contributed by atoms with Crippen molar-refractivity contribution in [3.05, 3.63) is 81.1 Å². The SMILES string of the molecule is C=CC(=C\C1=C(CC)N[C@H](c2c(Cl)ccc(F)c2Cl)O1)/C(C=NC1CCNCC1)=C/N.CC. The maximum atomic E-state index is 14.0. The van der Waals surface area contributed by atoms with Gasteiger partial charge in [-0.15, -0.1) is 0 Å². The van der Waals surface area contributed by atoms with Crippen molar-refractivity contribution < 1.29 is 9.13 Å². The summed E-state index contributed by atoms with van der Waals surface area (Å²) in [7, 11) is 0. The van der Waals surface area contributed by atoms with E-state index in [0.29, 0.717) is 22.8 Å². The third kappa shape index (κ3) is 6.85. The lowest BCUT2D eigenvalue weighted by Gasteiger charge is -2.19. The zero-order chi connectivity index (χ0) is 24.4. The molecule has 0 aromatic heterocycles. The monoisotopic (exact) mass is 494 g/mol. The van der Waals surface area contributed by atoms with Crippen molar-refractivity contribution >= 4 is 29.4 Å². The summed E-state index contributed by atoms with van der Waals surface area (Å²) in [5, 5.41) is 6.82. The Hall–Kier alpha value is -2.28. The standard InChI is InChI=1S/C23H27Cl2FN4O.C2H6/c1-3-14(15(12-27)13-29-16-7-9-28-10-8-16)11-20-19(4-2)30-23(31-20)21-17(24)5-6-18(26)22(21)25;1-2/h3,5-6,11-13,16,23,28,30H,1,4,7-10,27H2,2H3;1-2H3/b14-11+,15-12+,29-13?;/t23-;/m0./s1. The number of nitrogens with one attached hydrogen (secondary N) is 2. The van der Waals surface area contributed by atoms with E-state index in [4.69, 9.17) is 33.7 Å². The minimum Gasteiger partial charge on any atom is -0.465 e. The van der Waals surface area contributed by atoms with Gasteiger partial charge in [0, 0.05) is 18.0 Å². The molecule has 33 heavy (non-hydrogen) atoms. The first-order chi connectivity index (χ1) is 16.0. The second-order valence-corrected chi connectivity index (χ2v) is 8.07. The van der Waals surface area contributed by atoms with E-state index < -0.39 is 12.0 Å². The summed E-state index contributed by atoms with van der Waals surface area (Å²) in [5.74, 6) is 0.0381. The van der Waals surface area contributed by atoms with Crippen LogP contribution in [0.2, 0.25) is 10.0 Å². The van der Waals surface area contributed by atoms with Crippen LogP contribution in [0.1, 0.15) is 51.8 Å². The molecule has 0 radical (unpaired) electrons. The molecule has 180 valence electrons. The van der Waals surface area contributed by atoms with E-state index in [-0.39, 0.29) is 11.1 Å². The quantitative estimate of drug-likeness (QED) is 0.240. The van der Waals surface area contributed by atoms with Crippen LogP contribution in [0.25, 0.3) is 0 Å². The second-order valence-electron chi connectivity index (χ2n) is 7.28. The van der Waals surface area contributed by atoms with E-state index in [1.54, 1.807) is 12.3 Å². The lowest BCUT2D eigenvalue weighted by molar-refractivity contribution is 0.137. The Balaban J connectivity index is 0.00000187. The number of allylic oxidation sites excluding steroid dienone is 5. The van der Waals surface area contributed by atoms with Gasteiger partial charge >= 0.3 is 0 Å². The van der Waals surface area contributed by atoms with Gasteiger partial charge in [-0.2, -0.15) is 0 Å². The van der Waals surface area contributed by atoms with Crippen LogP contribution in [-0.2, 0) is 4.74 Å². The summed E-state index contributed by atoms with van der Waals surface area (Å²) < 4.78 is 20.1. The molecule has 0 amide bonds. The molecule has 5 nitrogen and oxygen atoms in total. The number of nitrogens with zero attached hydrogens (tertiary/aromatic N) is 1. The summed E-state index contributed by atoms with van der Waals surface area (Å²) >= 11 is 12.4. The number of nitrogens with two attached hydrogens (primary N) is 1. The molecule has 1 aromatic carbocycles. The summed E-state index contributed by atoms with van der Waals surface area (Å²) in [6.45, 7) is 11.8. The lowest BCUT2D eigenvalue weighted by Crippen LogP contribution is -2.29. The highest BCUT2D eigenvalue weighted by Gasteiger charge is 2.29. The minimum atomic E-state index is -0.698. The Morgan fingerprint density at radius 2 is 1.97 bits per heavy atom. The normalized spacial score (nSPS) is 19.8. The van der Waals surface area contributed by atoms with Crippen LogP contribution >= 0.6 is 23.2 Å². The fraction of sp³-hybridized carbons (Fsp3) is 0.400. The highest BCUT2D eigenvalue weighted by molar-refractivity contribution is 6.36. The number of hydrogen-bond acceptors (Lipinski definition) is 5. The number of halogens is 3. The molecule has 0 aliphatic carbocycles. The number of benzene rings is 1. The number of ether oxygens (including phenoxy) is 1. The van der Waals surface area contributed by atoms with Crippen LogP contribution in [0.4, 0.5) is 4.39 Å². The van der Waals surface area contributed by atoms with Crippen molar-refractivity contribution in [3.63, 3.8) is 0 Å². The van der Waals surface area contributed by atoms with E-state index in [9.17, 15) is 4.39 Å². The average molecular weight is 495 g/mol. The van der Waals surface area contributed by atoms with Crippen LogP contribution in [0.3, 0.4) is 0 Å². The van der Waals surface area contributed by atoms with Crippen molar-refractivity contribution in [1.82, 2.24) is 10.6 Å². The van der Waals surface area contributed by atoms with E-state index in [2.05, 4.69) is 22.2 Å². The molecule has 1 saturated heterocycles. The van der Waals surface area contributed by atoms with Gasteiger partial charge in [0.1, 0.15) is 11.6 Å². The lowest BCUT2D eigenvalue weighted by atomic mass is 10.1. The summed E-state index contributed by atoms with van der Waals surface area (Å²) in [6, 6.07) is 2.97. The third-order valence-electron chi connectivity index (χ3n) is 5.30. The number of hydrogen-bond donors (Lipinski definition) is 3. The molecule has 0 unspecified atom stereocenters. The van der Waals surface area contributed by atoms with Gasteiger partial charge in [0.25, 0.3) is 0 Å². The minimum absolute atomic E-state index is 0.0636. The van der Waals surface area contributed by atoms with Gasteiger partial charge in [-0.05, 0) is 56.1 Å². The van der Waals surface area contributed by atoms with Gasteiger partial charge in [-0.3, -0.25) is 4.99 Å². The summed E-state index contributed by atoms with van der Waals surface area (Å²) in [5.41, 5.74) is 8.58. The smallest absolute Gasteiger partial charge is 0.199 e. The van der Waals surface area contributed by atoms with E-state index in [1.165, 1.54) is 18.3 Å². The Kier molecular flexibility index (Phi) is 11.0. The van der Waals surface area contributed by atoms with Crippen molar-refractivity contribution in [2.45, 2.75) is 52.3 Å². The van der Waals surface area contributed by atoms with Gasteiger partial charge in [0.2, 0.25) is 0 Å². The molecule has 1 aromatic rings. The maximum Gasteiger partial charge on any atom is 0.199 e. The molecule has 2 aliphatic rings. The third-order valence-corrected chi connectivity index (χ3v) is 6.01. The Bertz CT molecular complexity index is 950. The van der Waals surface area contributed by atoms with Gasteiger partial charge in [0.15, 0.2) is 6.23 Å². The zero-order valence-electron chi connectivity index (χ0n) is 19.4. The summed E-state index contributed by atoms with van der Waals surface area (Å²) in [6.07, 6.45) is 8.80. The van der Waals surface area contributed by atoms with E-state index in [1.807, 2.05) is 26.8 Å². The first-order valence-electron chi connectivity index (χ1n) is 11.3. The van der Waals surface area contributed by atoms with Gasteiger partial charge in [-0.1, -0.05) is 56.6 Å². The molecule has 4 N–H and O–H groups in total. The van der Waals surface area contributed by atoms with Crippen LogP contribution < -0.4 is 16.4 Å². The van der Waals surface area contributed by atoms with E-state index in [0.717, 1.165) is 42.8 Å². The molecule has 8 heteroatoms. The van der Waals surface area contributed by atoms with Crippen molar-refractivity contribution in [2.24, 2.45) is 10.7 Å². The Labute approximate surface area is 206 Å². The Morgan fingerprint density at radius 3 is 2.58 bits per heavy atom. The second kappa shape index (κ2) is 13.4. The molecule has 0 bridgehead atoms. The summed E-state index contributed by atoms with van der Waals surface area (Å²) in [4.78, 5) is 4.68. The highest BCUT2D eigenvalue weighted by Crippen LogP contribution is 2.38. The molecule has 0 spiro atoms. The maximum absolute atomic E-state index is 14.0. The Morgan fingerprint density at radius 1 is 1.27 bits per heavy atom. The molecule has 1 fully saturated rings. The fourth-order valence-electron chi connectivity index (χ4n) is 3.53. The fourth-order valence-corrected chi connectivity index (χ4v) is 4.09. The molecular weight excluding hydrogens is 462 g/mol. The van der Waals surface area contributed by atoms with Crippen LogP contribution in [0.15, 0.2) is 64.7 Å². The van der Waals surface area contributed by atoms with Gasteiger partial charge in [-0.25, -0.2) is 4.39 Å². The molecule has 3 rings (SSSR count). The molecule has 0 saturated carbocycles. The van der Waals surface area contributed by atoms with Crippen LogP contribution in [0.5, 0.6) is 0 Å². The predicted molar refractivity (Wildman–Crippen MR) is 137 cm³/mol. The van der Waals surface area contributed by atoms with Crippen LogP contribution in [-0.4, -0.2) is 25.3 Å². The largest absolute Gasteiger partial charge is 0.465 e. The zero-order valence-corrected chi connectivity index (χ0v) is 20.9. The van der Waals surface area contributed by atoms with Crippen molar-refractivity contribution in [3.8, 4) is 0 Å². The predicted octanol–water partition coefficient (Wildman–Crippen LogP) is 6.18. The number of rotatable bonds is 7. The van der Waals surface area contributed by atoms with Crippen LogP contribution in [0, 0.1) is 5.82 Å². The highest BCUT2D eigenvalue weighted by atomic mass is 35.5. The molecule has 2 aliphatic heterocycles. The molecular formula is C25H33Cl2FN4O. The first kappa shape index (κ1) is 27.0.